The number of nitrogens with zero attached hydrogens (tertiary/aromatic N) is 3. The van der Waals surface area contributed by atoms with E-state index in [-0.39, 0.29) is 16.8 Å². The number of hydrogen-bond donors (Lipinski definition) is 0. The van der Waals surface area contributed by atoms with Gasteiger partial charge in [0.25, 0.3) is 0 Å². The molecule has 0 spiro atoms. The van der Waals surface area contributed by atoms with E-state index in [1.54, 1.807) is 12.5 Å². The van der Waals surface area contributed by atoms with Crippen LogP contribution in [-0.4, -0.2) is 15.0 Å². The van der Waals surface area contributed by atoms with Gasteiger partial charge in [-0.2, -0.15) is 0 Å². The van der Waals surface area contributed by atoms with Gasteiger partial charge in [-0.05, 0) is 37.9 Å². The SMILES string of the molecule is Brc1cc(Br)c(-c2nc(-c3ccccc3)co2)nc1-c1nc(-c2ccccc2)co1.[Co]. The van der Waals surface area contributed by atoms with Crippen molar-refractivity contribution in [3.63, 3.8) is 0 Å². The van der Waals surface area contributed by atoms with Gasteiger partial charge in [0.1, 0.15) is 35.3 Å². The molecule has 3 aromatic heterocycles. The van der Waals surface area contributed by atoms with Crippen molar-refractivity contribution in [1.29, 1.82) is 0 Å². The molecule has 8 heteroatoms. The van der Waals surface area contributed by atoms with Crippen LogP contribution in [0.1, 0.15) is 0 Å². The number of hydrogen-bond acceptors (Lipinski definition) is 5. The number of pyridine rings is 1. The third kappa shape index (κ3) is 4.43. The molecule has 0 aliphatic heterocycles. The fraction of sp³-hybridized carbons (Fsp3) is 0. The second-order valence-electron chi connectivity index (χ2n) is 6.46. The number of benzene rings is 2. The third-order valence-corrected chi connectivity index (χ3v) is 5.69. The minimum Gasteiger partial charge on any atom is -0.443 e. The van der Waals surface area contributed by atoms with Crippen LogP contribution in [0.25, 0.3) is 45.7 Å². The molecule has 2 aromatic carbocycles. The maximum atomic E-state index is 5.72. The summed E-state index contributed by atoms with van der Waals surface area (Å²) in [5, 5.41) is 0. The van der Waals surface area contributed by atoms with Crippen molar-refractivity contribution in [1.82, 2.24) is 15.0 Å². The van der Waals surface area contributed by atoms with Crippen molar-refractivity contribution in [2.75, 3.05) is 0 Å². The maximum Gasteiger partial charge on any atom is 0.246 e. The quantitative estimate of drug-likeness (QED) is 0.224. The first-order chi connectivity index (χ1) is 14.7. The van der Waals surface area contributed by atoms with Crippen molar-refractivity contribution in [2.24, 2.45) is 0 Å². The molecule has 1 radical (unpaired) electrons. The Bertz CT molecular complexity index is 1220. The van der Waals surface area contributed by atoms with E-state index in [1.807, 2.05) is 66.7 Å². The van der Waals surface area contributed by atoms with Gasteiger partial charge in [-0.3, -0.25) is 0 Å². The van der Waals surface area contributed by atoms with Gasteiger partial charge in [0.15, 0.2) is 0 Å². The fourth-order valence-electron chi connectivity index (χ4n) is 3.01. The van der Waals surface area contributed by atoms with Gasteiger partial charge in [0, 0.05) is 36.9 Å². The molecular weight excluding hydrogens is 569 g/mol. The van der Waals surface area contributed by atoms with Crippen molar-refractivity contribution in [3.05, 3.63) is 88.2 Å². The Morgan fingerprint density at radius 2 is 1.00 bits per heavy atom. The van der Waals surface area contributed by atoms with Crippen molar-refractivity contribution in [3.8, 4) is 45.7 Å². The summed E-state index contributed by atoms with van der Waals surface area (Å²) in [4.78, 5) is 13.9. The largest absolute Gasteiger partial charge is 0.443 e. The van der Waals surface area contributed by atoms with E-state index in [0.29, 0.717) is 23.2 Å². The number of aromatic nitrogens is 3. The van der Waals surface area contributed by atoms with Gasteiger partial charge < -0.3 is 8.83 Å². The molecule has 155 valence electrons. The van der Waals surface area contributed by atoms with E-state index in [9.17, 15) is 0 Å². The Kier molecular flexibility index (Phi) is 6.52. The predicted molar refractivity (Wildman–Crippen MR) is 122 cm³/mol. The molecular formula is C23H13Br2CoN3O2. The molecule has 0 atom stereocenters. The van der Waals surface area contributed by atoms with Crippen LogP contribution < -0.4 is 0 Å². The summed E-state index contributed by atoms with van der Waals surface area (Å²) >= 11 is 7.11. The Hall–Kier alpha value is -2.52. The van der Waals surface area contributed by atoms with Crippen molar-refractivity contribution >= 4 is 31.9 Å². The van der Waals surface area contributed by atoms with Crippen LogP contribution in [-0.2, 0) is 16.8 Å². The molecule has 0 saturated carbocycles. The molecule has 0 N–H and O–H groups in total. The van der Waals surface area contributed by atoms with E-state index in [1.165, 1.54) is 0 Å². The summed E-state index contributed by atoms with van der Waals surface area (Å²) in [6, 6.07) is 21.6. The molecule has 3 heterocycles. The zero-order valence-corrected chi connectivity index (χ0v) is 20.0. The molecule has 0 aliphatic carbocycles. The first-order valence-corrected chi connectivity index (χ1v) is 10.7. The van der Waals surface area contributed by atoms with Crippen LogP contribution in [0.15, 0.2) is 97.0 Å². The van der Waals surface area contributed by atoms with Gasteiger partial charge in [-0.1, -0.05) is 60.7 Å². The Balaban J connectivity index is 0.00000231. The first kappa shape index (κ1) is 21.7. The van der Waals surface area contributed by atoms with Gasteiger partial charge in [0.2, 0.25) is 11.8 Å². The van der Waals surface area contributed by atoms with Crippen molar-refractivity contribution < 1.29 is 25.6 Å². The summed E-state index contributed by atoms with van der Waals surface area (Å²) in [5.41, 5.74) is 4.56. The van der Waals surface area contributed by atoms with Gasteiger partial charge in [-0.15, -0.1) is 0 Å². The number of oxazole rings is 2. The smallest absolute Gasteiger partial charge is 0.246 e. The summed E-state index contributed by atoms with van der Waals surface area (Å²) in [6.45, 7) is 0. The van der Waals surface area contributed by atoms with Crippen LogP contribution in [0.2, 0.25) is 0 Å². The molecule has 0 fully saturated rings. The number of halogens is 2. The molecule has 5 rings (SSSR count). The summed E-state index contributed by atoms with van der Waals surface area (Å²) < 4.78 is 12.9. The van der Waals surface area contributed by atoms with Crippen LogP contribution in [0.3, 0.4) is 0 Å². The van der Waals surface area contributed by atoms with Crippen LogP contribution in [0.4, 0.5) is 0 Å². The Labute approximate surface area is 205 Å². The summed E-state index contributed by atoms with van der Waals surface area (Å²) in [7, 11) is 0. The normalized spacial score (nSPS) is 10.6. The summed E-state index contributed by atoms with van der Waals surface area (Å²) in [5.74, 6) is 0.814. The zero-order valence-electron chi connectivity index (χ0n) is 15.8. The van der Waals surface area contributed by atoms with E-state index in [0.717, 1.165) is 31.5 Å². The third-order valence-electron chi connectivity index (χ3n) is 4.48. The van der Waals surface area contributed by atoms with E-state index in [2.05, 4.69) is 41.8 Å². The molecule has 0 aliphatic rings. The van der Waals surface area contributed by atoms with Gasteiger partial charge >= 0.3 is 0 Å². The molecule has 0 unspecified atom stereocenters. The van der Waals surface area contributed by atoms with E-state index in [4.69, 9.17) is 13.8 Å². The molecule has 0 amide bonds. The average Bonchev–Trinajstić information content (AvgIpc) is 3.46. The maximum absolute atomic E-state index is 5.72. The standard InChI is InChI=1S/C23H13Br2N3O2.Co/c24-16-11-17(25)21(23-27-19(13-30-23)15-9-5-2-6-10-15)28-20(16)22-26-18(12-29-22)14-7-3-1-4-8-14;/h1-13H;. The van der Waals surface area contributed by atoms with Crippen molar-refractivity contribution in [2.45, 2.75) is 0 Å². The van der Waals surface area contributed by atoms with E-state index >= 15 is 0 Å². The minimum absolute atomic E-state index is 0. The molecule has 5 nitrogen and oxygen atoms in total. The molecule has 5 aromatic rings. The van der Waals surface area contributed by atoms with Gasteiger partial charge in [-0.25, -0.2) is 15.0 Å². The average molecular weight is 582 g/mol. The Morgan fingerprint density at radius 3 is 1.42 bits per heavy atom. The predicted octanol–water partition coefficient (Wildman–Crippen LogP) is 7.25. The van der Waals surface area contributed by atoms with Crippen LogP contribution in [0.5, 0.6) is 0 Å². The van der Waals surface area contributed by atoms with Gasteiger partial charge in [0.05, 0.1) is 0 Å². The second kappa shape index (κ2) is 9.31. The zero-order chi connectivity index (χ0) is 20.5. The fourth-order valence-corrected chi connectivity index (χ4v) is 4.30. The molecule has 31 heavy (non-hydrogen) atoms. The molecule has 0 saturated heterocycles. The topological polar surface area (TPSA) is 65.0 Å². The first-order valence-electron chi connectivity index (χ1n) is 9.08. The summed E-state index contributed by atoms with van der Waals surface area (Å²) in [6.07, 6.45) is 3.25. The minimum atomic E-state index is 0. The van der Waals surface area contributed by atoms with Crippen LogP contribution >= 0.6 is 31.9 Å². The molecule has 0 bridgehead atoms. The Morgan fingerprint density at radius 1 is 0.581 bits per heavy atom. The van der Waals surface area contributed by atoms with Crippen LogP contribution in [0, 0.1) is 0 Å². The number of rotatable bonds is 4. The monoisotopic (exact) mass is 580 g/mol. The second-order valence-corrected chi connectivity index (χ2v) is 8.17. The van der Waals surface area contributed by atoms with E-state index < -0.39 is 0 Å².